The van der Waals surface area contributed by atoms with E-state index in [2.05, 4.69) is 35.7 Å². The lowest BCUT2D eigenvalue weighted by molar-refractivity contribution is 0.0700. The molecule has 1 saturated heterocycles. The molecule has 1 aromatic heterocycles. The summed E-state index contributed by atoms with van der Waals surface area (Å²) in [5.41, 5.74) is 0.816. The summed E-state index contributed by atoms with van der Waals surface area (Å²) in [6.07, 6.45) is 2.16. The highest BCUT2D eigenvalue weighted by atomic mass is 32.1. The molecule has 1 N–H and O–H groups in total. The van der Waals surface area contributed by atoms with E-state index >= 15 is 0 Å². The van der Waals surface area contributed by atoms with Crippen molar-refractivity contribution in [3.63, 3.8) is 0 Å². The lowest BCUT2D eigenvalue weighted by Crippen LogP contribution is -2.55. The summed E-state index contributed by atoms with van der Waals surface area (Å²) in [7, 11) is 2.15. The average Bonchev–Trinajstić information content (AvgIpc) is 3.13. The third kappa shape index (κ3) is 2.42. The van der Waals surface area contributed by atoms with Crippen LogP contribution in [0.25, 0.3) is 0 Å². The topological polar surface area (TPSA) is 56.7 Å². The fourth-order valence-electron chi connectivity index (χ4n) is 2.80. The molecule has 0 radical (unpaired) electrons. The van der Waals surface area contributed by atoms with Crippen LogP contribution in [0.3, 0.4) is 0 Å². The monoisotopic (exact) mass is 295 g/mol. The molecule has 0 amide bonds. The number of rotatable bonds is 3. The van der Waals surface area contributed by atoms with Gasteiger partial charge in [0.15, 0.2) is 5.13 Å². The van der Waals surface area contributed by atoms with Gasteiger partial charge in [0, 0.05) is 31.1 Å². The number of likely N-dealkylation sites (N-methyl/N-ethyl adjacent to an activating group) is 1. The Morgan fingerprint density at radius 3 is 2.40 bits per heavy atom. The number of thiazole rings is 1. The third-order valence-corrected chi connectivity index (χ3v) is 5.55. The maximum Gasteiger partial charge on any atom is 0.347 e. The first-order valence-electron chi connectivity index (χ1n) is 7.18. The largest absolute Gasteiger partial charge is 0.477 e. The van der Waals surface area contributed by atoms with Crippen molar-refractivity contribution in [2.24, 2.45) is 0 Å². The van der Waals surface area contributed by atoms with Crippen LogP contribution in [-0.2, 0) is 0 Å². The molecule has 0 spiro atoms. The normalized spacial score (nSPS) is 27.9. The van der Waals surface area contributed by atoms with E-state index in [-0.39, 0.29) is 0 Å². The number of nitrogens with zero attached hydrogens (tertiary/aromatic N) is 3. The third-order valence-electron chi connectivity index (χ3n) is 4.43. The molecule has 20 heavy (non-hydrogen) atoms. The zero-order valence-corrected chi connectivity index (χ0v) is 13.0. The lowest BCUT2D eigenvalue weighted by Gasteiger charge is -2.42. The summed E-state index contributed by atoms with van der Waals surface area (Å²) in [6.45, 7) is 6.24. The van der Waals surface area contributed by atoms with E-state index < -0.39 is 5.97 Å². The van der Waals surface area contributed by atoms with Gasteiger partial charge in [0.2, 0.25) is 0 Å². The van der Waals surface area contributed by atoms with Crippen LogP contribution in [-0.4, -0.2) is 53.2 Å². The Balaban J connectivity index is 1.87. The number of carboxylic acids is 1. The highest BCUT2D eigenvalue weighted by Gasteiger charge is 2.34. The molecular formula is C14H21N3O2S. The van der Waals surface area contributed by atoms with Gasteiger partial charge in [-0.1, -0.05) is 11.3 Å². The van der Waals surface area contributed by atoms with E-state index in [4.69, 9.17) is 0 Å². The Morgan fingerprint density at radius 2 is 1.90 bits per heavy atom. The summed E-state index contributed by atoms with van der Waals surface area (Å²) >= 11 is 1.34. The van der Waals surface area contributed by atoms with Gasteiger partial charge >= 0.3 is 5.97 Å². The summed E-state index contributed by atoms with van der Waals surface area (Å²) < 4.78 is 0. The van der Waals surface area contributed by atoms with Crippen LogP contribution in [0.5, 0.6) is 0 Å². The minimum Gasteiger partial charge on any atom is -0.477 e. The van der Waals surface area contributed by atoms with Gasteiger partial charge in [-0.05, 0) is 33.7 Å². The number of carbonyl (C=O) groups is 1. The van der Waals surface area contributed by atoms with Crippen LogP contribution in [0.2, 0.25) is 0 Å². The van der Waals surface area contributed by atoms with E-state index in [1.54, 1.807) is 0 Å². The molecule has 1 aliphatic heterocycles. The Kier molecular flexibility index (Phi) is 3.46. The van der Waals surface area contributed by atoms with Crippen LogP contribution in [0.1, 0.15) is 48.0 Å². The molecule has 0 bridgehead atoms. The number of hydrogen-bond acceptors (Lipinski definition) is 5. The highest BCUT2D eigenvalue weighted by Crippen LogP contribution is 2.44. The van der Waals surface area contributed by atoms with Gasteiger partial charge in [0.05, 0.1) is 5.69 Å². The molecule has 1 aromatic rings. The van der Waals surface area contributed by atoms with E-state index in [1.807, 2.05) is 0 Å². The van der Waals surface area contributed by atoms with Crippen molar-refractivity contribution < 1.29 is 9.90 Å². The number of piperazine rings is 1. The number of hydrogen-bond donors (Lipinski definition) is 1. The Labute approximate surface area is 123 Å². The van der Waals surface area contributed by atoms with Crippen LogP contribution in [0.15, 0.2) is 0 Å². The first-order valence-corrected chi connectivity index (χ1v) is 8.00. The van der Waals surface area contributed by atoms with Crippen molar-refractivity contribution in [2.75, 3.05) is 25.0 Å². The van der Waals surface area contributed by atoms with Crippen molar-refractivity contribution in [1.82, 2.24) is 9.88 Å². The molecule has 1 saturated carbocycles. The smallest absolute Gasteiger partial charge is 0.347 e. The summed E-state index contributed by atoms with van der Waals surface area (Å²) in [4.78, 5) is 21.1. The van der Waals surface area contributed by atoms with Crippen LogP contribution in [0, 0.1) is 0 Å². The molecule has 3 rings (SSSR count). The molecule has 6 heteroatoms. The van der Waals surface area contributed by atoms with Crippen molar-refractivity contribution in [3.05, 3.63) is 10.6 Å². The van der Waals surface area contributed by atoms with E-state index in [0.29, 0.717) is 22.9 Å². The zero-order valence-electron chi connectivity index (χ0n) is 12.2. The maximum absolute atomic E-state index is 11.4. The minimum absolute atomic E-state index is 0.383. The van der Waals surface area contributed by atoms with Gasteiger partial charge in [-0.15, -0.1) is 0 Å². The predicted molar refractivity (Wildman–Crippen MR) is 79.9 cm³/mol. The number of aromatic nitrogens is 1. The molecule has 2 unspecified atom stereocenters. The molecule has 2 fully saturated rings. The SMILES string of the molecule is CC1CN(c2nc(C3CC3)c(C(=O)O)s2)CC(C)N1C. The van der Waals surface area contributed by atoms with Gasteiger partial charge in [-0.2, -0.15) is 0 Å². The quantitative estimate of drug-likeness (QED) is 0.927. The van der Waals surface area contributed by atoms with E-state index in [0.717, 1.165) is 36.8 Å². The number of carboxylic acid groups (broad SMARTS) is 1. The van der Waals surface area contributed by atoms with Gasteiger partial charge in [-0.3, -0.25) is 4.90 Å². The molecule has 110 valence electrons. The Hall–Kier alpha value is -1.14. The van der Waals surface area contributed by atoms with E-state index in [9.17, 15) is 9.90 Å². The minimum atomic E-state index is -0.828. The average molecular weight is 295 g/mol. The summed E-state index contributed by atoms with van der Waals surface area (Å²) in [5, 5.41) is 10.2. The molecule has 2 heterocycles. The van der Waals surface area contributed by atoms with Gasteiger partial charge in [0.1, 0.15) is 4.88 Å². The number of aromatic carboxylic acids is 1. The molecule has 1 aliphatic carbocycles. The van der Waals surface area contributed by atoms with Gasteiger partial charge in [0.25, 0.3) is 0 Å². The molecule has 5 nitrogen and oxygen atoms in total. The van der Waals surface area contributed by atoms with Crippen LogP contribution < -0.4 is 4.90 Å². The molecule has 0 aromatic carbocycles. The predicted octanol–water partition coefficient (Wildman–Crippen LogP) is 2.25. The lowest BCUT2D eigenvalue weighted by atomic mass is 10.1. The zero-order chi connectivity index (χ0) is 14.4. The second-order valence-corrected chi connectivity index (χ2v) is 7.04. The molecule has 2 aliphatic rings. The molecule has 2 atom stereocenters. The Bertz CT molecular complexity index is 514. The second kappa shape index (κ2) is 5.00. The van der Waals surface area contributed by atoms with Crippen LogP contribution >= 0.6 is 11.3 Å². The maximum atomic E-state index is 11.4. The van der Waals surface area contributed by atoms with Crippen molar-refractivity contribution in [1.29, 1.82) is 0 Å². The van der Waals surface area contributed by atoms with Crippen molar-refractivity contribution in [2.45, 2.75) is 44.7 Å². The summed E-state index contributed by atoms with van der Waals surface area (Å²) in [6, 6.07) is 0.917. The number of anilines is 1. The first-order chi connectivity index (χ1) is 9.47. The highest BCUT2D eigenvalue weighted by molar-refractivity contribution is 7.17. The van der Waals surface area contributed by atoms with Gasteiger partial charge < -0.3 is 10.0 Å². The van der Waals surface area contributed by atoms with Crippen molar-refractivity contribution in [3.8, 4) is 0 Å². The van der Waals surface area contributed by atoms with Gasteiger partial charge in [-0.25, -0.2) is 9.78 Å². The van der Waals surface area contributed by atoms with E-state index in [1.165, 1.54) is 11.3 Å². The summed E-state index contributed by atoms with van der Waals surface area (Å²) in [5.74, 6) is -0.445. The fourth-order valence-corrected chi connectivity index (χ4v) is 3.81. The standard InChI is InChI=1S/C14H21N3O2S/c1-8-6-17(7-9(2)16(8)3)14-15-11(10-4-5-10)12(20-14)13(18)19/h8-10H,4-7H2,1-3H3,(H,18,19). The van der Waals surface area contributed by atoms with Crippen molar-refractivity contribution >= 4 is 22.4 Å². The Morgan fingerprint density at radius 1 is 1.30 bits per heavy atom. The van der Waals surface area contributed by atoms with Crippen LogP contribution in [0.4, 0.5) is 5.13 Å². The fraction of sp³-hybridized carbons (Fsp3) is 0.714. The first kappa shape index (κ1) is 13.8. The second-order valence-electron chi connectivity index (χ2n) is 6.06. The molecular weight excluding hydrogens is 274 g/mol.